The number of primary amides is 1. The molecule has 0 radical (unpaired) electrons. The van der Waals surface area contributed by atoms with E-state index in [9.17, 15) is 9.59 Å². The van der Waals surface area contributed by atoms with Gasteiger partial charge in [-0.15, -0.1) is 0 Å². The van der Waals surface area contributed by atoms with Gasteiger partial charge in [-0.3, -0.25) is 4.79 Å². The molecule has 0 spiro atoms. The van der Waals surface area contributed by atoms with Gasteiger partial charge in [-0.05, 0) is 12.8 Å². The molecule has 1 aromatic heterocycles. The van der Waals surface area contributed by atoms with Crippen LogP contribution < -0.4 is 11.1 Å². The van der Waals surface area contributed by atoms with E-state index in [-0.39, 0.29) is 11.9 Å². The molecule has 1 amide bonds. The van der Waals surface area contributed by atoms with E-state index >= 15 is 0 Å². The Bertz CT molecular complexity index is 392. The number of esters is 1. The summed E-state index contributed by atoms with van der Waals surface area (Å²) in [5, 5.41) is 3.74. The Kier molecular flexibility index (Phi) is 5.41. The monoisotopic (exact) mass is 257 g/mol. The van der Waals surface area contributed by atoms with E-state index in [0.29, 0.717) is 23.0 Å². The van der Waals surface area contributed by atoms with Crippen molar-refractivity contribution >= 4 is 28.3 Å². The Labute approximate surface area is 103 Å². The Morgan fingerprint density at radius 3 is 2.94 bits per heavy atom. The zero-order valence-corrected chi connectivity index (χ0v) is 10.4. The van der Waals surface area contributed by atoms with Gasteiger partial charge in [-0.2, -0.15) is 0 Å². The molecule has 0 aromatic carbocycles. The third kappa shape index (κ3) is 4.81. The SMILES string of the molecule is COC(=O)c1cnc(NCCCCC(N)=O)s1. The van der Waals surface area contributed by atoms with Crippen molar-refractivity contribution in [1.82, 2.24) is 4.98 Å². The highest BCUT2D eigenvalue weighted by molar-refractivity contribution is 7.17. The van der Waals surface area contributed by atoms with Crippen molar-refractivity contribution in [2.75, 3.05) is 19.0 Å². The van der Waals surface area contributed by atoms with Gasteiger partial charge < -0.3 is 15.8 Å². The molecule has 17 heavy (non-hydrogen) atoms. The normalized spacial score (nSPS) is 9.94. The molecule has 0 bridgehead atoms. The molecule has 94 valence electrons. The van der Waals surface area contributed by atoms with Gasteiger partial charge in [0.1, 0.15) is 4.88 Å². The zero-order valence-electron chi connectivity index (χ0n) is 9.56. The summed E-state index contributed by atoms with van der Waals surface area (Å²) in [6, 6.07) is 0. The van der Waals surface area contributed by atoms with Gasteiger partial charge in [0.25, 0.3) is 0 Å². The third-order valence-electron chi connectivity index (χ3n) is 2.02. The molecule has 0 unspecified atom stereocenters. The lowest BCUT2D eigenvalue weighted by atomic mass is 10.2. The van der Waals surface area contributed by atoms with Crippen molar-refractivity contribution in [3.05, 3.63) is 11.1 Å². The molecule has 3 N–H and O–H groups in total. The number of rotatable bonds is 7. The number of ether oxygens (including phenoxy) is 1. The molecule has 6 nitrogen and oxygen atoms in total. The van der Waals surface area contributed by atoms with Crippen LogP contribution in [0.3, 0.4) is 0 Å². The van der Waals surface area contributed by atoms with Crippen LogP contribution in [-0.2, 0) is 9.53 Å². The summed E-state index contributed by atoms with van der Waals surface area (Å²) in [4.78, 5) is 26.1. The summed E-state index contributed by atoms with van der Waals surface area (Å²) in [6.45, 7) is 0.696. The van der Waals surface area contributed by atoms with Crippen LogP contribution in [0.1, 0.15) is 28.9 Å². The smallest absolute Gasteiger partial charge is 0.349 e. The molecule has 1 heterocycles. The van der Waals surface area contributed by atoms with Crippen molar-refractivity contribution in [2.45, 2.75) is 19.3 Å². The van der Waals surface area contributed by atoms with E-state index in [2.05, 4.69) is 15.0 Å². The second kappa shape index (κ2) is 6.85. The fourth-order valence-corrected chi connectivity index (χ4v) is 1.93. The van der Waals surface area contributed by atoms with Gasteiger partial charge in [-0.1, -0.05) is 11.3 Å². The van der Waals surface area contributed by atoms with Gasteiger partial charge in [-0.25, -0.2) is 9.78 Å². The number of nitrogens with one attached hydrogen (secondary N) is 1. The van der Waals surface area contributed by atoms with Gasteiger partial charge in [0.05, 0.1) is 13.3 Å². The minimum atomic E-state index is -0.385. The maximum Gasteiger partial charge on any atom is 0.349 e. The van der Waals surface area contributed by atoms with Gasteiger partial charge in [0.2, 0.25) is 5.91 Å². The number of hydrogen-bond donors (Lipinski definition) is 2. The number of aromatic nitrogens is 1. The Balaban J connectivity index is 2.25. The molecule has 1 aromatic rings. The first-order chi connectivity index (χ1) is 8.13. The summed E-state index contributed by atoms with van der Waals surface area (Å²) in [5.41, 5.74) is 5.02. The van der Waals surface area contributed by atoms with Crippen LogP contribution >= 0.6 is 11.3 Å². The molecular weight excluding hydrogens is 242 g/mol. The predicted molar refractivity (Wildman–Crippen MR) is 65.0 cm³/mol. The zero-order chi connectivity index (χ0) is 12.7. The summed E-state index contributed by atoms with van der Waals surface area (Å²) in [6.07, 6.45) is 3.45. The highest BCUT2D eigenvalue weighted by Crippen LogP contribution is 2.18. The molecule has 0 aliphatic rings. The van der Waals surface area contributed by atoms with E-state index in [1.165, 1.54) is 24.6 Å². The van der Waals surface area contributed by atoms with Crippen LogP contribution in [0.25, 0.3) is 0 Å². The highest BCUT2D eigenvalue weighted by Gasteiger charge is 2.09. The number of methoxy groups -OCH3 is 1. The van der Waals surface area contributed by atoms with E-state index < -0.39 is 0 Å². The largest absolute Gasteiger partial charge is 0.465 e. The summed E-state index contributed by atoms with van der Waals surface area (Å²) < 4.78 is 4.57. The molecule has 0 fully saturated rings. The average molecular weight is 257 g/mol. The number of unbranched alkanes of at least 4 members (excludes halogenated alkanes) is 1. The number of nitrogens with zero attached hydrogens (tertiary/aromatic N) is 1. The number of carbonyl (C=O) groups is 2. The lowest BCUT2D eigenvalue weighted by Crippen LogP contribution is -2.10. The van der Waals surface area contributed by atoms with E-state index in [0.717, 1.165) is 12.8 Å². The van der Waals surface area contributed by atoms with Crippen LogP contribution in [0.15, 0.2) is 6.20 Å². The third-order valence-corrected chi connectivity index (χ3v) is 2.95. The standard InChI is InChI=1S/C10H15N3O3S/c1-16-9(15)7-6-13-10(17-7)12-5-3-2-4-8(11)14/h6H,2-5H2,1H3,(H2,11,14)(H,12,13). The summed E-state index contributed by atoms with van der Waals surface area (Å²) >= 11 is 1.24. The highest BCUT2D eigenvalue weighted by atomic mass is 32.1. The Hall–Kier alpha value is -1.63. The molecular formula is C10H15N3O3S. The van der Waals surface area contributed by atoms with E-state index in [1.54, 1.807) is 0 Å². The molecule has 0 saturated heterocycles. The Morgan fingerprint density at radius 1 is 1.53 bits per heavy atom. The van der Waals surface area contributed by atoms with Crippen LogP contribution in [0.5, 0.6) is 0 Å². The summed E-state index contributed by atoms with van der Waals surface area (Å²) in [5.74, 6) is -0.670. The number of thiazole rings is 1. The Morgan fingerprint density at radius 2 is 2.29 bits per heavy atom. The second-order valence-electron chi connectivity index (χ2n) is 3.37. The minimum Gasteiger partial charge on any atom is -0.465 e. The van der Waals surface area contributed by atoms with Crippen LogP contribution in [-0.4, -0.2) is 30.5 Å². The van der Waals surface area contributed by atoms with Crippen molar-refractivity contribution in [1.29, 1.82) is 0 Å². The topological polar surface area (TPSA) is 94.3 Å². The first-order valence-corrected chi connectivity index (χ1v) is 6.01. The van der Waals surface area contributed by atoms with Crippen LogP contribution in [0.2, 0.25) is 0 Å². The van der Waals surface area contributed by atoms with Crippen molar-refractivity contribution in [3.8, 4) is 0 Å². The molecule has 0 atom stereocenters. The molecule has 0 saturated carbocycles. The number of amides is 1. The molecule has 0 aliphatic carbocycles. The fourth-order valence-electron chi connectivity index (χ4n) is 1.17. The predicted octanol–water partition coefficient (Wildman–Crippen LogP) is 0.997. The fraction of sp³-hybridized carbons (Fsp3) is 0.500. The van der Waals surface area contributed by atoms with E-state index in [1.807, 2.05) is 0 Å². The number of hydrogen-bond acceptors (Lipinski definition) is 6. The van der Waals surface area contributed by atoms with Gasteiger partial charge in [0, 0.05) is 13.0 Å². The van der Waals surface area contributed by atoms with Crippen LogP contribution in [0.4, 0.5) is 5.13 Å². The maximum absolute atomic E-state index is 11.1. The van der Waals surface area contributed by atoms with E-state index in [4.69, 9.17) is 5.73 Å². The lowest BCUT2D eigenvalue weighted by Gasteiger charge is -2.00. The number of carbonyl (C=O) groups excluding carboxylic acids is 2. The van der Waals surface area contributed by atoms with Gasteiger partial charge >= 0.3 is 5.97 Å². The number of anilines is 1. The molecule has 7 heteroatoms. The number of nitrogens with two attached hydrogens (primary N) is 1. The van der Waals surface area contributed by atoms with Gasteiger partial charge in [0.15, 0.2) is 5.13 Å². The van der Waals surface area contributed by atoms with Crippen LogP contribution in [0, 0.1) is 0 Å². The van der Waals surface area contributed by atoms with Crippen molar-refractivity contribution in [2.24, 2.45) is 5.73 Å². The molecule has 0 aliphatic heterocycles. The van der Waals surface area contributed by atoms with Crippen molar-refractivity contribution < 1.29 is 14.3 Å². The minimum absolute atomic E-state index is 0.285. The second-order valence-corrected chi connectivity index (χ2v) is 4.40. The lowest BCUT2D eigenvalue weighted by molar-refractivity contribution is -0.118. The summed E-state index contributed by atoms with van der Waals surface area (Å²) in [7, 11) is 1.33. The first-order valence-electron chi connectivity index (χ1n) is 5.20. The van der Waals surface area contributed by atoms with Crippen molar-refractivity contribution in [3.63, 3.8) is 0 Å². The molecule has 1 rings (SSSR count). The first kappa shape index (κ1) is 13.4. The average Bonchev–Trinajstić information content (AvgIpc) is 2.76. The maximum atomic E-state index is 11.1. The quantitative estimate of drug-likeness (QED) is 0.561.